The zero-order chi connectivity index (χ0) is 10.3. The molecule has 74 valence electrons. The van der Waals surface area contributed by atoms with Gasteiger partial charge in [-0.25, -0.2) is 4.98 Å². The lowest BCUT2D eigenvalue weighted by Gasteiger charge is -1.97. The maximum atomic E-state index is 12.1. The Balaban J connectivity index is 2.63. The molecule has 2 rings (SSSR count). The zero-order valence-corrected chi connectivity index (χ0v) is 6.67. The van der Waals surface area contributed by atoms with Gasteiger partial charge >= 0.3 is 12.1 Å². The van der Waals surface area contributed by atoms with Crippen LogP contribution in [0.15, 0.2) is 22.6 Å². The Kier molecular flexibility index (Phi) is 1.67. The van der Waals surface area contributed by atoms with Crippen molar-refractivity contribution in [1.82, 2.24) is 4.98 Å². The molecule has 0 amide bonds. The average molecular weight is 203 g/mol. The molecular formula is C8H4F3NO2. The van der Waals surface area contributed by atoms with Crippen LogP contribution in [0.3, 0.4) is 0 Å². The Morgan fingerprint density at radius 2 is 2.00 bits per heavy atom. The van der Waals surface area contributed by atoms with E-state index in [-0.39, 0.29) is 16.8 Å². The minimum Gasteiger partial charge on any atom is -0.508 e. The first-order chi connectivity index (χ1) is 6.47. The van der Waals surface area contributed by atoms with Crippen molar-refractivity contribution >= 4 is 11.1 Å². The summed E-state index contributed by atoms with van der Waals surface area (Å²) in [5, 5.41) is 8.97. The zero-order valence-electron chi connectivity index (χ0n) is 6.67. The predicted octanol–water partition coefficient (Wildman–Crippen LogP) is 2.55. The van der Waals surface area contributed by atoms with E-state index < -0.39 is 12.1 Å². The van der Waals surface area contributed by atoms with Gasteiger partial charge in [-0.3, -0.25) is 0 Å². The van der Waals surface area contributed by atoms with Crippen LogP contribution in [-0.2, 0) is 6.18 Å². The summed E-state index contributed by atoms with van der Waals surface area (Å²) in [6.45, 7) is 0. The molecule has 0 atom stereocenters. The van der Waals surface area contributed by atoms with E-state index in [1.165, 1.54) is 12.1 Å². The first-order valence-electron chi connectivity index (χ1n) is 3.63. The molecule has 0 saturated carbocycles. The molecule has 2 aromatic rings. The number of hydrogen-bond acceptors (Lipinski definition) is 3. The lowest BCUT2D eigenvalue weighted by molar-refractivity contribution is -0.156. The molecule has 0 fully saturated rings. The maximum absolute atomic E-state index is 12.1. The summed E-state index contributed by atoms with van der Waals surface area (Å²) in [7, 11) is 0. The van der Waals surface area contributed by atoms with Crippen LogP contribution >= 0.6 is 0 Å². The second-order valence-electron chi connectivity index (χ2n) is 2.67. The number of aromatic nitrogens is 1. The minimum atomic E-state index is -4.60. The van der Waals surface area contributed by atoms with Crippen LogP contribution < -0.4 is 0 Å². The van der Waals surface area contributed by atoms with Gasteiger partial charge in [-0.05, 0) is 12.1 Å². The van der Waals surface area contributed by atoms with Gasteiger partial charge in [0.25, 0.3) is 0 Å². The van der Waals surface area contributed by atoms with E-state index in [9.17, 15) is 13.2 Å². The SMILES string of the molecule is Oc1ccc2nc(C(F)(F)F)oc2c1. The summed E-state index contributed by atoms with van der Waals surface area (Å²) < 4.78 is 40.7. The number of phenolic OH excluding ortho intramolecular Hbond substituents is 1. The molecule has 1 aromatic heterocycles. The van der Waals surface area contributed by atoms with Gasteiger partial charge < -0.3 is 9.52 Å². The Bertz CT molecular complexity index is 475. The molecule has 0 aliphatic heterocycles. The summed E-state index contributed by atoms with van der Waals surface area (Å²) in [6.07, 6.45) is -4.60. The van der Waals surface area contributed by atoms with Crippen molar-refractivity contribution in [2.24, 2.45) is 0 Å². The summed E-state index contributed by atoms with van der Waals surface area (Å²) in [4.78, 5) is 3.22. The summed E-state index contributed by atoms with van der Waals surface area (Å²) in [5.74, 6) is -1.47. The third kappa shape index (κ3) is 1.39. The molecule has 0 bridgehead atoms. The average Bonchev–Trinajstić information content (AvgIpc) is 2.45. The fourth-order valence-corrected chi connectivity index (χ4v) is 1.03. The van der Waals surface area contributed by atoms with Crippen LogP contribution in [-0.4, -0.2) is 10.1 Å². The van der Waals surface area contributed by atoms with Crippen molar-refractivity contribution in [2.45, 2.75) is 6.18 Å². The molecule has 0 unspecified atom stereocenters. The lowest BCUT2D eigenvalue weighted by atomic mass is 10.3. The summed E-state index contributed by atoms with van der Waals surface area (Å²) in [5.41, 5.74) is -0.0209. The highest BCUT2D eigenvalue weighted by molar-refractivity contribution is 5.74. The molecule has 6 heteroatoms. The maximum Gasteiger partial charge on any atom is 0.468 e. The Hall–Kier alpha value is -1.72. The monoisotopic (exact) mass is 203 g/mol. The van der Waals surface area contributed by atoms with Crippen molar-refractivity contribution in [3.63, 3.8) is 0 Å². The van der Waals surface area contributed by atoms with Crippen molar-refractivity contribution in [2.75, 3.05) is 0 Å². The third-order valence-corrected chi connectivity index (χ3v) is 1.61. The van der Waals surface area contributed by atoms with Gasteiger partial charge in [0, 0.05) is 6.07 Å². The highest BCUT2D eigenvalue weighted by atomic mass is 19.4. The van der Waals surface area contributed by atoms with Crippen molar-refractivity contribution in [3.8, 4) is 5.75 Å². The van der Waals surface area contributed by atoms with E-state index in [4.69, 9.17) is 5.11 Å². The van der Waals surface area contributed by atoms with Crippen LogP contribution in [0.1, 0.15) is 5.89 Å². The molecule has 0 saturated heterocycles. The molecule has 3 nitrogen and oxygen atoms in total. The van der Waals surface area contributed by atoms with Gasteiger partial charge in [-0.1, -0.05) is 0 Å². The number of fused-ring (bicyclic) bond motifs is 1. The third-order valence-electron chi connectivity index (χ3n) is 1.61. The van der Waals surface area contributed by atoms with Crippen molar-refractivity contribution in [3.05, 3.63) is 24.1 Å². The Labute approximate surface area is 75.8 Å². The quantitative estimate of drug-likeness (QED) is 0.715. The second-order valence-corrected chi connectivity index (χ2v) is 2.67. The van der Waals surface area contributed by atoms with Crippen LogP contribution in [0.25, 0.3) is 11.1 Å². The number of benzene rings is 1. The predicted molar refractivity (Wildman–Crippen MR) is 40.7 cm³/mol. The number of rotatable bonds is 0. The standard InChI is InChI=1S/C8H4F3NO2/c9-8(10,11)7-12-5-2-1-4(13)3-6(5)14-7/h1-3,13H. The van der Waals surface area contributed by atoms with Crippen LogP contribution in [0.2, 0.25) is 0 Å². The normalized spacial score (nSPS) is 12.2. The molecule has 0 radical (unpaired) electrons. The van der Waals surface area contributed by atoms with Gasteiger partial charge in [-0.2, -0.15) is 13.2 Å². The molecule has 0 spiro atoms. The highest BCUT2D eigenvalue weighted by Crippen LogP contribution is 2.31. The molecule has 1 heterocycles. The second kappa shape index (κ2) is 2.63. The van der Waals surface area contributed by atoms with Crippen molar-refractivity contribution in [1.29, 1.82) is 0 Å². The number of phenols is 1. The number of oxazole rings is 1. The van der Waals surface area contributed by atoms with E-state index in [1.807, 2.05) is 0 Å². The first kappa shape index (κ1) is 8.86. The molecule has 1 N–H and O–H groups in total. The minimum absolute atomic E-state index is 0.0649. The Morgan fingerprint density at radius 3 is 2.64 bits per heavy atom. The van der Waals surface area contributed by atoms with Gasteiger partial charge in [-0.15, -0.1) is 0 Å². The smallest absolute Gasteiger partial charge is 0.468 e. The molecule has 14 heavy (non-hydrogen) atoms. The van der Waals surface area contributed by atoms with Gasteiger partial charge in [0.15, 0.2) is 5.58 Å². The highest BCUT2D eigenvalue weighted by Gasteiger charge is 2.37. The molecular weight excluding hydrogens is 199 g/mol. The van der Waals surface area contributed by atoms with E-state index in [0.29, 0.717) is 0 Å². The van der Waals surface area contributed by atoms with Gasteiger partial charge in [0.1, 0.15) is 11.3 Å². The fourth-order valence-electron chi connectivity index (χ4n) is 1.03. The summed E-state index contributed by atoms with van der Waals surface area (Å²) >= 11 is 0. The fraction of sp³-hybridized carbons (Fsp3) is 0.125. The Morgan fingerprint density at radius 1 is 1.29 bits per heavy atom. The van der Waals surface area contributed by atoms with Crippen molar-refractivity contribution < 1.29 is 22.7 Å². The molecule has 0 aliphatic rings. The van der Waals surface area contributed by atoms with Crippen LogP contribution in [0, 0.1) is 0 Å². The van der Waals surface area contributed by atoms with Crippen LogP contribution in [0.5, 0.6) is 5.75 Å². The summed E-state index contributed by atoms with van der Waals surface area (Å²) in [6, 6.07) is 3.58. The van der Waals surface area contributed by atoms with Gasteiger partial charge in [0.2, 0.25) is 0 Å². The number of aromatic hydroxyl groups is 1. The van der Waals surface area contributed by atoms with E-state index in [0.717, 1.165) is 6.07 Å². The largest absolute Gasteiger partial charge is 0.508 e. The number of nitrogens with zero attached hydrogens (tertiary/aromatic N) is 1. The number of halogens is 3. The van der Waals surface area contributed by atoms with E-state index in [2.05, 4.69) is 9.40 Å². The van der Waals surface area contributed by atoms with E-state index >= 15 is 0 Å². The van der Waals surface area contributed by atoms with E-state index in [1.54, 1.807) is 0 Å². The lowest BCUT2D eigenvalue weighted by Crippen LogP contribution is -2.04. The van der Waals surface area contributed by atoms with Gasteiger partial charge in [0.05, 0.1) is 0 Å². The van der Waals surface area contributed by atoms with Crippen LogP contribution in [0.4, 0.5) is 13.2 Å². The molecule has 0 aliphatic carbocycles. The molecule has 1 aromatic carbocycles. The first-order valence-corrected chi connectivity index (χ1v) is 3.63. The number of alkyl halides is 3. The topological polar surface area (TPSA) is 46.3 Å². The number of hydrogen-bond donors (Lipinski definition) is 1.